The summed E-state index contributed by atoms with van der Waals surface area (Å²) in [5.74, 6) is -0.166. The zero-order valence-electron chi connectivity index (χ0n) is 6.97. The van der Waals surface area contributed by atoms with Crippen molar-refractivity contribution in [3.63, 3.8) is 0 Å². The molecule has 1 nitrogen and oxygen atoms in total. The van der Waals surface area contributed by atoms with Crippen LogP contribution in [0.15, 0.2) is 30.5 Å². The molecule has 0 unspecified atom stereocenters. The summed E-state index contributed by atoms with van der Waals surface area (Å²) in [6.07, 6.45) is 2.83. The first-order valence-corrected chi connectivity index (χ1v) is 4.29. The second kappa shape index (κ2) is 2.22. The van der Waals surface area contributed by atoms with Crippen molar-refractivity contribution in [3.8, 4) is 11.3 Å². The monoisotopic (exact) mass is 173 g/mol. The molecule has 0 atom stereocenters. The molecule has 1 aromatic heterocycles. The van der Waals surface area contributed by atoms with Gasteiger partial charge in [0.1, 0.15) is 5.82 Å². The van der Waals surface area contributed by atoms with Crippen LogP contribution in [0.4, 0.5) is 4.39 Å². The van der Waals surface area contributed by atoms with E-state index >= 15 is 0 Å². The van der Waals surface area contributed by atoms with E-state index in [1.165, 1.54) is 17.2 Å². The highest BCUT2D eigenvalue weighted by molar-refractivity contribution is 5.73. The van der Waals surface area contributed by atoms with Crippen molar-refractivity contribution in [1.29, 1.82) is 0 Å². The zero-order chi connectivity index (χ0) is 8.84. The fourth-order valence-electron chi connectivity index (χ4n) is 1.94. The summed E-state index contributed by atoms with van der Waals surface area (Å²) >= 11 is 0. The van der Waals surface area contributed by atoms with Crippen molar-refractivity contribution in [2.75, 3.05) is 0 Å². The number of H-pyrrole nitrogens is 1. The van der Waals surface area contributed by atoms with Crippen molar-refractivity contribution >= 4 is 0 Å². The molecule has 2 aromatic rings. The van der Waals surface area contributed by atoms with E-state index in [4.69, 9.17) is 0 Å². The third-order valence-corrected chi connectivity index (χ3v) is 2.56. The minimum atomic E-state index is -0.166. The lowest BCUT2D eigenvalue weighted by atomic mass is 10.1. The third kappa shape index (κ3) is 0.856. The summed E-state index contributed by atoms with van der Waals surface area (Å²) in [5, 5.41) is 0. The molecule has 1 heterocycles. The minimum Gasteiger partial charge on any atom is -0.361 e. The molecular formula is C11H8FN. The van der Waals surface area contributed by atoms with Crippen molar-refractivity contribution in [2.24, 2.45) is 0 Å². The van der Waals surface area contributed by atoms with E-state index in [1.54, 1.807) is 6.07 Å². The first-order valence-electron chi connectivity index (χ1n) is 4.29. The number of hydrogen-bond acceptors (Lipinski definition) is 0. The average molecular weight is 173 g/mol. The Labute approximate surface area is 75.2 Å². The summed E-state index contributed by atoms with van der Waals surface area (Å²) < 4.78 is 12.9. The average Bonchev–Trinajstić information content (AvgIpc) is 2.64. The Balaban J connectivity index is 2.31. The van der Waals surface area contributed by atoms with E-state index in [0.717, 1.165) is 17.7 Å². The van der Waals surface area contributed by atoms with Crippen molar-refractivity contribution < 1.29 is 4.39 Å². The Kier molecular flexibility index (Phi) is 1.18. The fraction of sp³-hybridized carbons (Fsp3) is 0.0909. The number of aromatic amines is 1. The molecule has 64 valence electrons. The number of aromatic nitrogens is 1. The molecule has 3 rings (SSSR count). The number of nitrogens with one attached hydrogen (secondary N) is 1. The van der Waals surface area contributed by atoms with E-state index in [2.05, 4.69) is 4.98 Å². The van der Waals surface area contributed by atoms with Gasteiger partial charge in [-0.25, -0.2) is 4.39 Å². The van der Waals surface area contributed by atoms with Gasteiger partial charge in [-0.05, 0) is 29.3 Å². The van der Waals surface area contributed by atoms with Crippen LogP contribution >= 0.6 is 0 Å². The molecule has 2 heteroatoms. The maximum atomic E-state index is 12.9. The van der Waals surface area contributed by atoms with E-state index in [1.807, 2.05) is 18.3 Å². The van der Waals surface area contributed by atoms with E-state index in [9.17, 15) is 4.39 Å². The summed E-state index contributed by atoms with van der Waals surface area (Å²) in [7, 11) is 0. The summed E-state index contributed by atoms with van der Waals surface area (Å²) in [4.78, 5) is 3.13. The highest BCUT2D eigenvalue weighted by Crippen LogP contribution is 2.35. The van der Waals surface area contributed by atoms with Crippen LogP contribution in [0.25, 0.3) is 11.3 Å². The van der Waals surface area contributed by atoms with Gasteiger partial charge in [0, 0.05) is 23.9 Å². The molecule has 0 amide bonds. The minimum absolute atomic E-state index is 0.166. The van der Waals surface area contributed by atoms with Gasteiger partial charge >= 0.3 is 0 Å². The number of halogens is 1. The number of fused-ring (bicyclic) bond motifs is 3. The normalized spacial score (nSPS) is 12.7. The quantitative estimate of drug-likeness (QED) is 0.538. The molecule has 1 aliphatic rings. The van der Waals surface area contributed by atoms with E-state index < -0.39 is 0 Å². The maximum absolute atomic E-state index is 12.9. The molecule has 13 heavy (non-hydrogen) atoms. The van der Waals surface area contributed by atoms with Crippen molar-refractivity contribution in [3.05, 3.63) is 47.4 Å². The Morgan fingerprint density at radius 3 is 3.00 bits per heavy atom. The lowest BCUT2D eigenvalue weighted by Gasteiger charge is -1.98. The standard InChI is InChI=1S/C11H8FN/c12-9-2-1-7-5-8-3-4-13-11(8)10(7)6-9/h1-4,6,13H,5H2. The largest absolute Gasteiger partial charge is 0.361 e. The van der Waals surface area contributed by atoms with Gasteiger partial charge in [-0.15, -0.1) is 0 Å². The zero-order valence-corrected chi connectivity index (χ0v) is 6.97. The van der Waals surface area contributed by atoms with E-state index in [-0.39, 0.29) is 5.82 Å². The number of hydrogen-bond donors (Lipinski definition) is 1. The molecule has 1 aliphatic carbocycles. The first kappa shape index (κ1) is 6.89. The molecule has 0 bridgehead atoms. The molecule has 0 saturated carbocycles. The van der Waals surface area contributed by atoms with Crippen LogP contribution in [0.3, 0.4) is 0 Å². The van der Waals surface area contributed by atoms with Gasteiger partial charge in [-0.2, -0.15) is 0 Å². The molecule has 0 aliphatic heterocycles. The molecule has 0 fully saturated rings. The maximum Gasteiger partial charge on any atom is 0.123 e. The predicted molar refractivity (Wildman–Crippen MR) is 49.0 cm³/mol. The topological polar surface area (TPSA) is 15.8 Å². The Hall–Kier alpha value is -1.57. The smallest absolute Gasteiger partial charge is 0.123 e. The van der Waals surface area contributed by atoms with Gasteiger partial charge in [0.25, 0.3) is 0 Å². The first-order chi connectivity index (χ1) is 6.34. The van der Waals surface area contributed by atoms with Gasteiger partial charge < -0.3 is 4.98 Å². The van der Waals surface area contributed by atoms with Crippen LogP contribution in [-0.2, 0) is 6.42 Å². The van der Waals surface area contributed by atoms with Crippen molar-refractivity contribution in [2.45, 2.75) is 6.42 Å². The van der Waals surface area contributed by atoms with Gasteiger partial charge in [0.2, 0.25) is 0 Å². The molecular weight excluding hydrogens is 165 g/mol. The molecule has 1 aromatic carbocycles. The van der Waals surface area contributed by atoms with Crippen LogP contribution in [0, 0.1) is 5.82 Å². The number of benzene rings is 1. The molecule has 1 N–H and O–H groups in total. The van der Waals surface area contributed by atoms with Gasteiger partial charge in [0.15, 0.2) is 0 Å². The number of rotatable bonds is 0. The summed E-state index contributed by atoms with van der Waals surface area (Å²) in [5.41, 5.74) is 4.57. The molecule has 0 spiro atoms. The molecule has 0 radical (unpaired) electrons. The highest BCUT2D eigenvalue weighted by atomic mass is 19.1. The van der Waals surface area contributed by atoms with Crippen LogP contribution in [-0.4, -0.2) is 4.98 Å². The van der Waals surface area contributed by atoms with Crippen molar-refractivity contribution in [1.82, 2.24) is 4.98 Å². The second-order valence-corrected chi connectivity index (χ2v) is 3.36. The Bertz CT molecular complexity index is 471. The van der Waals surface area contributed by atoms with E-state index in [0.29, 0.717) is 0 Å². The Morgan fingerprint density at radius 1 is 1.15 bits per heavy atom. The summed E-state index contributed by atoms with van der Waals surface area (Å²) in [6.45, 7) is 0. The van der Waals surface area contributed by atoms with Crippen LogP contribution in [0.1, 0.15) is 11.1 Å². The highest BCUT2D eigenvalue weighted by Gasteiger charge is 2.19. The Morgan fingerprint density at radius 2 is 2.08 bits per heavy atom. The van der Waals surface area contributed by atoms with Gasteiger partial charge in [-0.3, -0.25) is 0 Å². The van der Waals surface area contributed by atoms with Gasteiger partial charge in [-0.1, -0.05) is 6.07 Å². The summed E-state index contributed by atoms with van der Waals surface area (Å²) in [6, 6.07) is 7.02. The SMILES string of the molecule is Fc1ccc2c(c1)-c1[nH]ccc1C2. The molecule has 0 saturated heterocycles. The fourth-order valence-corrected chi connectivity index (χ4v) is 1.94. The lowest BCUT2D eigenvalue weighted by Crippen LogP contribution is -1.82. The lowest BCUT2D eigenvalue weighted by molar-refractivity contribution is 0.628. The van der Waals surface area contributed by atoms with Crippen LogP contribution in [0.2, 0.25) is 0 Å². The second-order valence-electron chi connectivity index (χ2n) is 3.36. The third-order valence-electron chi connectivity index (χ3n) is 2.56. The van der Waals surface area contributed by atoms with Crippen LogP contribution in [0.5, 0.6) is 0 Å². The predicted octanol–water partition coefficient (Wildman–Crippen LogP) is 2.73. The van der Waals surface area contributed by atoms with Gasteiger partial charge in [0.05, 0.1) is 0 Å². The van der Waals surface area contributed by atoms with Crippen LogP contribution < -0.4 is 0 Å².